The van der Waals surface area contributed by atoms with Crippen LogP contribution in [-0.2, 0) is 14.4 Å². The molecule has 1 fully saturated rings. The van der Waals surface area contributed by atoms with Crippen LogP contribution in [0.4, 0.5) is 5.69 Å². The Kier molecular flexibility index (Phi) is 4.62. The van der Waals surface area contributed by atoms with Crippen molar-refractivity contribution in [1.82, 2.24) is 4.90 Å². The van der Waals surface area contributed by atoms with Gasteiger partial charge in [-0.3, -0.25) is 19.3 Å². The summed E-state index contributed by atoms with van der Waals surface area (Å²) in [5, 5.41) is 3.42. The van der Waals surface area contributed by atoms with Crippen molar-refractivity contribution in [2.24, 2.45) is 0 Å². The zero-order chi connectivity index (χ0) is 14.7. The molecule has 20 heavy (non-hydrogen) atoms. The second kappa shape index (κ2) is 6.24. The SMILES string of the molecule is O=C(CCN1C(=O)CCC1=O)Nc1ccc(Cl)cc1Cl. The maximum absolute atomic E-state index is 11.8. The number of nitrogens with zero attached hydrogens (tertiary/aromatic N) is 1. The van der Waals surface area contributed by atoms with Gasteiger partial charge < -0.3 is 5.32 Å². The van der Waals surface area contributed by atoms with Crippen molar-refractivity contribution < 1.29 is 14.4 Å². The Bertz CT molecular complexity index is 559. The molecule has 0 aliphatic carbocycles. The van der Waals surface area contributed by atoms with Crippen molar-refractivity contribution in [3.63, 3.8) is 0 Å². The average molecular weight is 315 g/mol. The molecule has 3 amide bonds. The molecule has 1 aliphatic rings. The van der Waals surface area contributed by atoms with Crippen LogP contribution >= 0.6 is 23.2 Å². The van der Waals surface area contributed by atoms with Gasteiger partial charge in [-0.1, -0.05) is 23.2 Å². The summed E-state index contributed by atoms with van der Waals surface area (Å²) in [5.41, 5.74) is 0.445. The minimum Gasteiger partial charge on any atom is -0.325 e. The fourth-order valence-corrected chi connectivity index (χ4v) is 2.34. The lowest BCUT2D eigenvalue weighted by Gasteiger charge is -2.13. The minimum atomic E-state index is -0.318. The van der Waals surface area contributed by atoms with E-state index in [1.54, 1.807) is 12.1 Å². The number of rotatable bonds is 4. The first kappa shape index (κ1) is 14.8. The van der Waals surface area contributed by atoms with Crippen LogP contribution in [0, 0.1) is 0 Å². The molecule has 0 aromatic heterocycles. The Morgan fingerprint density at radius 2 is 1.85 bits per heavy atom. The van der Waals surface area contributed by atoms with E-state index in [0.29, 0.717) is 15.7 Å². The highest BCUT2D eigenvalue weighted by Gasteiger charge is 2.28. The predicted octanol–water partition coefficient (Wildman–Crippen LogP) is 2.47. The number of carbonyl (C=O) groups excluding carboxylic acids is 3. The third kappa shape index (κ3) is 3.49. The highest BCUT2D eigenvalue weighted by Crippen LogP contribution is 2.25. The molecule has 0 bridgehead atoms. The van der Waals surface area contributed by atoms with Gasteiger partial charge in [0, 0.05) is 30.8 Å². The van der Waals surface area contributed by atoms with Gasteiger partial charge in [-0.25, -0.2) is 0 Å². The first-order valence-corrected chi connectivity index (χ1v) is 6.81. The largest absolute Gasteiger partial charge is 0.325 e. The molecule has 1 aromatic carbocycles. The van der Waals surface area contributed by atoms with Crippen molar-refractivity contribution >= 4 is 46.6 Å². The van der Waals surface area contributed by atoms with Gasteiger partial charge in [-0.2, -0.15) is 0 Å². The van der Waals surface area contributed by atoms with Gasteiger partial charge >= 0.3 is 0 Å². The molecule has 1 aromatic rings. The first-order chi connectivity index (χ1) is 9.47. The molecule has 0 atom stereocenters. The number of likely N-dealkylation sites (tertiary alicyclic amines) is 1. The third-order valence-electron chi connectivity index (χ3n) is 2.92. The number of amides is 3. The zero-order valence-electron chi connectivity index (χ0n) is 10.5. The lowest BCUT2D eigenvalue weighted by molar-refractivity contribution is -0.138. The van der Waals surface area contributed by atoms with E-state index in [0.717, 1.165) is 4.90 Å². The Labute approximate surface area is 125 Å². The number of anilines is 1. The van der Waals surface area contributed by atoms with E-state index >= 15 is 0 Å². The molecule has 1 aliphatic heterocycles. The first-order valence-electron chi connectivity index (χ1n) is 6.05. The number of carbonyl (C=O) groups is 3. The van der Waals surface area contributed by atoms with Crippen LogP contribution in [0.5, 0.6) is 0 Å². The summed E-state index contributed by atoms with van der Waals surface area (Å²) in [6, 6.07) is 4.72. The Hall–Kier alpha value is -1.59. The molecule has 0 radical (unpaired) electrons. The number of halogens is 2. The van der Waals surface area contributed by atoms with Crippen LogP contribution in [0.3, 0.4) is 0 Å². The second-order valence-corrected chi connectivity index (χ2v) is 5.21. The van der Waals surface area contributed by atoms with E-state index in [1.165, 1.54) is 6.07 Å². The third-order valence-corrected chi connectivity index (χ3v) is 3.47. The summed E-state index contributed by atoms with van der Waals surface area (Å²) in [5.74, 6) is -0.777. The molecule has 0 unspecified atom stereocenters. The van der Waals surface area contributed by atoms with E-state index in [1.807, 2.05) is 0 Å². The van der Waals surface area contributed by atoms with Crippen molar-refractivity contribution in [3.8, 4) is 0 Å². The molecule has 7 heteroatoms. The second-order valence-electron chi connectivity index (χ2n) is 4.36. The van der Waals surface area contributed by atoms with Gasteiger partial charge in [0.05, 0.1) is 10.7 Å². The maximum atomic E-state index is 11.8. The van der Waals surface area contributed by atoms with Gasteiger partial charge in [0.25, 0.3) is 0 Å². The lowest BCUT2D eigenvalue weighted by Crippen LogP contribution is -2.32. The Morgan fingerprint density at radius 3 is 2.45 bits per heavy atom. The van der Waals surface area contributed by atoms with Crippen LogP contribution < -0.4 is 5.32 Å². The Morgan fingerprint density at radius 1 is 1.20 bits per heavy atom. The molecule has 0 saturated carbocycles. The number of hydrogen-bond donors (Lipinski definition) is 1. The van der Waals surface area contributed by atoms with Crippen LogP contribution in [-0.4, -0.2) is 29.2 Å². The molecule has 5 nitrogen and oxygen atoms in total. The highest BCUT2D eigenvalue weighted by molar-refractivity contribution is 6.36. The van der Waals surface area contributed by atoms with Gasteiger partial charge in [0.15, 0.2) is 0 Å². The fraction of sp³-hybridized carbons (Fsp3) is 0.308. The normalized spacial score (nSPS) is 14.8. The smallest absolute Gasteiger partial charge is 0.229 e. The predicted molar refractivity (Wildman–Crippen MR) is 75.7 cm³/mol. The highest BCUT2D eigenvalue weighted by atomic mass is 35.5. The molecule has 106 valence electrons. The van der Waals surface area contributed by atoms with Crippen molar-refractivity contribution in [3.05, 3.63) is 28.2 Å². The quantitative estimate of drug-likeness (QED) is 0.868. The summed E-state index contributed by atoms with van der Waals surface area (Å²) in [7, 11) is 0. The standard InChI is InChI=1S/C13H12Cl2N2O3/c14-8-1-2-10(9(15)7-8)16-11(18)5-6-17-12(19)3-4-13(17)20/h1-2,7H,3-6H2,(H,16,18). The summed E-state index contributed by atoms with van der Waals surface area (Å²) < 4.78 is 0. The molecular weight excluding hydrogens is 303 g/mol. The number of benzene rings is 1. The molecule has 0 spiro atoms. The number of imide groups is 1. The van der Waals surface area contributed by atoms with Crippen LogP contribution in [0.25, 0.3) is 0 Å². The number of nitrogens with one attached hydrogen (secondary N) is 1. The number of hydrogen-bond acceptors (Lipinski definition) is 3. The maximum Gasteiger partial charge on any atom is 0.229 e. The summed E-state index contributed by atoms with van der Waals surface area (Å²) in [6.07, 6.45) is 0.489. The monoisotopic (exact) mass is 314 g/mol. The van der Waals surface area contributed by atoms with E-state index < -0.39 is 0 Å². The van der Waals surface area contributed by atoms with Crippen molar-refractivity contribution in [2.75, 3.05) is 11.9 Å². The Balaban J connectivity index is 1.89. The van der Waals surface area contributed by atoms with Crippen molar-refractivity contribution in [1.29, 1.82) is 0 Å². The molecule has 1 heterocycles. The topological polar surface area (TPSA) is 66.5 Å². The molecular formula is C13H12Cl2N2O3. The summed E-state index contributed by atoms with van der Waals surface area (Å²) >= 11 is 11.7. The average Bonchev–Trinajstić information content (AvgIpc) is 2.70. The van der Waals surface area contributed by atoms with Crippen LogP contribution in [0.15, 0.2) is 18.2 Å². The van der Waals surface area contributed by atoms with Gasteiger partial charge in [0.2, 0.25) is 17.7 Å². The lowest BCUT2D eigenvalue weighted by atomic mass is 10.3. The van der Waals surface area contributed by atoms with Gasteiger partial charge in [-0.05, 0) is 18.2 Å². The van der Waals surface area contributed by atoms with Gasteiger partial charge in [0.1, 0.15) is 0 Å². The van der Waals surface area contributed by atoms with Gasteiger partial charge in [-0.15, -0.1) is 0 Å². The van der Waals surface area contributed by atoms with Crippen LogP contribution in [0.2, 0.25) is 10.0 Å². The molecule has 1 saturated heterocycles. The minimum absolute atomic E-state index is 0.0381. The zero-order valence-corrected chi connectivity index (χ0v) is 12.0. The van der Waals surface area contributed by atoms with E-state index in [-0.39, 0.29) is 43.5 Å². The van der Waals surface area contributed by atoms with Crippen molar-refractivity contribution in [2.45, 2.75) is 19.3 Å². The van der Waals surface area contributed by atoms with E-state index in [2.05, 4.69) is 5.32 Å². The summed E-state index contributed by atoms with van der Waals surface area (Å²) in [4.78, 5) is 35.7. The summed E-state index contributed by atoms with van der Waals surface area (Å²) in [6.45, 7) is 0.0920. The fourth-order valence-electron chi connectivity index (χ4n) is 1.89. The molecule has 1 N–H and O–H groups in total. The van der Waals surface area contributed by atoms with Crippen LogP contribution in [0.1, 0.15) is 19.3 Å². The van der Waals surface area contributed by atoms with E-state index in [9.17, 15) is 14.4 Å². The van der Waals surface area contributed by atoms with E-state index in [4.69, 9.17) is 23.2 Å². The molecule has 2 rings (SSSR count).